The summed E-state index contributed by atoms with van der Waals surface area (Å²) in [4.78, 5) is 19.2. The number of phenolic OH excluding ortho intramolecular Hbond substituents is 1. The van der Waals surface area contributed by atoms with Crippen LogP contribution in [0, 0.1) is 11.5 Å². The quantitative estimate of drug-likeness (QED) is 0.186. The summed E-state index contributed by atoms with van der Waals surface area (Å²) in [5.41, 5.74) is 11.9. The first-order valence-electron chi connectivity index (χ1n) is 10.6. The van der Waals surface area contributed by atoms with E-state index in [9.17, 15) is 15.0 Å². The van der Waals surface area contributed by atoms with E-state index < -0.39 is 12.2 Å². The molecule has 1 aliphatic heterocycles. The van der Waals surface area contributed by atoms with E-state index in [1.165, 1.54) is 12.5 Å². The summed E-state index contributed by atoms with van der Waals surface area (Å²) in [7, 11) is 0. The number of nitrogens with zero attached hydrogens (tertiary/aromatic N) is 5. The van der Waals surface area contributed by atoms with Crippen LogP contribution in [0.1, 0.15) is 65.7 Å². The average Bonchev–Trinajstić information content (AvgIpc) is 3.32. The van der Waals surface area contributed by atoms with E-state index in [0.29, 0.717) is 11.1 Å². The number of aromatic nitrogens is 1. The minimum atomic E-state index is -1.25. The van der Waals surface area contributed by atoms with E-state index in [4.69, 9.17) is 15.5 Å². The smallest absolute Gasteiger partial charge is 0.349 e. The lowest BCUT2D eigenvalue weighted by Gasteiger charge is -2.23. The lowest BCUT2D eigenvalue weighted by atomic mass is 9.81. The summed E-state index contributed by atoms with van der Waals surface area (Å²) < 4.78 is 6.53. The molecule has 0 saturated heterocycles. The summed E-state index contributed by atoms with van der Waals surface area (Å²) >= 11 is 0. The van der Waals surface area contributed by atoms with Gasteiger partial charge in [-0.15, -0.1) is 5.26 Å². The molecule has 2 N–H and O–H groups in total. The van der Waals surface area contributed by atoms with Crippen molar-refractivity contribution in [3.63, 3.8) is 0 Å². The molecule has 0 radical (unpaired) electrons. The summed E-state index contributed by atoms with van der Waals surface area (Å²) in [5.74, 6) is -0.897. The van der Waals surface area contributed by atoms with Gasteiger partial charge in [-0.25, -0.2) is 4.79 Å². The number of aromatic hydroxyl groups is 1. The molecule has 0 bridgehead atoms. The Morgan fingerprint density at radius 1 is 1.21 bits per heavy atom. The molecule has 0 amide bonds. The number of rotatable bonds is 4. The van der Waals surface area contributed by atoms with Gasteiger partial charge in [0.05, 0.1) is 22.3 Å². The van der Waals surface area contributed by atoms with E-state index in [0.717, 1.165) is 42.3 Å². The molecule has 1 fully saturated rings. The molecule has 1 unspecified atom stereocenters. The second kappa shape index (κ2) is 8.06. The largest absolute Gasteiger partial charge is 0.504 e. The van der Waals surface area contributed by atoms with Crippen molar-refractivity contribution >= 4 is 16.9 Å². The molecule has 10 nitrogen and oxygen atoms in total. The summed E-state index contributed by atoms with van der Waals surface area (Å²) in [5, 5.41) is 34.6. The predicted octanol–water partition coefficient (Wildman–Crippen LogP) is 5.16. The zero-order chi connectivity index (χ0) is 23.1. The molecule has 2 aromatic carbocycles. The van der Waals surface area contributed by atoms with Gasteiger partial charge in [-0.05, 0) is 54.1 Å². The first-order valence-corrected chi connectivity index (χ1v) is 10.6. The number of aliphatic hydroxyl groups excluding tert-OH is 1. The molecular weight excluding hydrogens is 426 g/mol. The van der Waals surface area contributed by atoms with Crippen molar-refractivity contribution in [2.75, 3.05) is 0 Å². The van der Waals surface area contributed by atoms with Crippen molar-refractivity contribution in [2.24, 2.45) is 5.28 Å². The van der Waals surface area contributed by atoms with Gasteiger partial charge in [-0.3, -0.25) is 0 Å². The molecule has 2 aliphatic rings. The number of ether oxygens (including phenoxy) is 1. The minimum Gasteiger partial charge on any atom is -0.504 e. The molecule has 33 heavy (non-hydrogen) atoms. The van der Waals surface area contributed by atoms with Crippen LogP contribution in [0.3, 0.4) is 0 Å². The number of hydrogen-bond donors (Lipinski definition) is 2. The monoisotopic (exact) mass is 445 g/mol. The Morgan fingerprint density at radius 2 is 2.00 bits per heavy atom. The van der Waals surface area contributed by atoms with Gasteiger partial charge in [0.1, 0.15) is 5.28 Å². The second-order valence-corrected chi connectivity index (χ2v) is 8.19. The Labute approximate surface area is 187 Å². The van der Waals surface area contributed by atoms with Crippen LogP contribution < -0.4 is 4.74 Å². The van der Waals surface area contributed by atoms with Gasteiger partial charge in [0.15, 0.2) is 17.7 Å². The highest BCUT2D eigenvalue weighted by Gasteiger charge is 2.38. The van der Waals surface area contributed by atoms with Crippen LogP contribution in [0.15, 0.2) is 35.6 Å². The number of nitriles is 1. The fraction of sp³-hybridized carbons (Fsp3) is 0.304. The molecule has 10 heteroatoms. The van der Waals surface area contributed by atoms with Crippen molar-refractivity contribution < 1.29 is 24.6 Å². The van der Waals surface area contributed by atoms with Gasteiger partial charge < -0.3 is 24.4 Å². The van der Waals surface area contributed by atoms with Crippen molar-refractivity contribution in [2.45, 2.75) is 44.2 Å². The number of phenols is 1. The Morgan fingerprint density at radius 3 is 2.73 bits per heavy atom. The molecular formula is C23H19N5O5. The van der Waals surface area contributed by atoms with Gasteiger partial charge >= 0.3 is 5.97 Å². The number of fused-ring (bicyclic) bond motifs is 5. The van der Waals surface area contributed by atoms with Crippen molar-refractivity contribution in [3.8, 4) is 29.0 Å². The van der Waals surface area contributed by atoms with Crippen LogP contribution in [0.5, 0.6) is 11.5 Å². The molecule has 2 heterocycles. The molecule has 3 aromatic rings. The lowest BCUT2D eigenvalue weighted by molar-refractivity contribution is 0.0506. The van der Waals surface area contributed by atoms with Crippen molar-refractivity contribution in [1.29, 1.82) is 5.26 Å². The van der Waals surface area contributed by atoms with Crippen molar-refractivity contribution in [3.05, 3.63) is 57.5 Å². The number of aliphatic hydroxyl groups is 1. The van der Waals surface area contributed by atoms with E-state index in [-0.39, 0.29) is 28.5 Å². The van der Waals surface area contributed by atoms with Crippen LogP contribution >= 0.6 is 0 Å². The van der Waals surface area contributed by atoms with Crippen LogP contribution in [0.25, 0.3) is 32.6 Å². The lowest BCUT2D eigenvalue weighted by Crippen LogP contribution is -2.06. The van der Waals surface area contributed by atoms with E-state index in [1.54, 1.807) is 29.0 Å². The van der Waals surface area contributed by atoms with Crippen molar-refractivity contribution in [1.82, 2.24) is 4.57 Å². The summed E-state index contributed by atoms with van der Waals surface area (Å²) in [6, 6.07) is 8.24. The second-order valence-electron chi connectivity index (χ2n) is 8.19. The van der Waals surface area contributed by atoms with Gasteiger partial charge in [0, 0.05) is 15.9 Å². The number of carbonyl (C=O) groups excluding carboxylic acids is 1. The molecule has 5 rings (SSSR count). The fourth-order valence-corrected chi connectivity index (χ4v) is 5.22. The predicted molar refractivity (Wildman–Crippen MR) is 116 cm³/mol. The van der Waals surface area contributed by atoms with Crippen LogP contribution in [-0.2, 0) is 4.84 Å². The molecule has 1 saturated carbocycles. The first-order chi connectivity index (χ1) is 16.1. The third-order valence-electron chi connectivity index (χ3n) is 6.55. The first kappa shape index (κ1) is 20.7. The average molecular weight is 445 g/mol. The van der Waals surface area contributed by atoms with Gasteiger partial charge in [0.2, 0.25) is 0 Å². The Bertz CT molecular complexity index is 1380. The minimum absolute atomic E-state index is 0.0387. The molecule has 1 atom stereocenters. The van der Waals surface area contributed by atoms with Crippen LogP contribution in [0.2, 0.25) is 0 Å². The maximum absolute atomic E-state index is 12.3. The Hall–Kier alpha value is -4.19. The maximum Gasteiger partial charge on any atom is 0.349 e. The zero-order valence-electron chi connectivity index (χ0n) is 17.4. The van der Waals surface area contributed by atoms with Gasteiger partial charge in [-0.1, -0.05) is 25.3 Å². The topological polar surface area (TPSA) is 153 Å². The molecule has 1 aromatic heterocycles. The number of carbonyl (C=O) groups is 1. The van der Waals surface area contributed by atoms with Gasteiger partial charge in [0.25, 0.3) is 6.26 Å². The summed E-state index contributed by atoms with van der Waals surface area (Å²) in [6.45, 7) is 0. The van der Waals surface area contributed by atoms with Crippen LogP contribution in [-0.4, -0.2) is 20.7 Å². The normalized spacial score (nSPS) is 17.0. The van der Waals surface area contributed by atoms with E-state index >= 15 is 0 Å². The molecule has 1 aliphatic carbocycles. The number of azide groups is 1. The highest BCUT2D eigenvalue weighted by molar-refractivity contribution is 6.00. The van der Waals surface area contributed by atoms with Crippen LogP contribution in [0.4, 0.5) is 0 Å². The molecule has 0 spiro atoms. The van der Waals surface area contributed by atoms with Gasteiger partial charge in [-0.2, -0.15) is 0 Å². The highest BCUT2D eigenvalue weighted by atomic mass is 16.7. The molecule has 166 valence electrons. The maximum atomic E-state index is 12.3. The van der Waals surface area contributed by atoms with E-state index in [2.05, 4.69) is 15.0 Å². The zero-order valence-corrected chi connectivity index (χ0v) is 17.4. The number of hydrogen-bond acceptors (Lipinski definition) is 7. The van der Waals surface area contributed by atoms with E-state index in [1.807, 2.05) is 6.07 Å². The third kappa shape index (κ3) is 3.14. The number of benzene rings is 2. The SMILES string of the molecule is N#COc1ccc2c(c1O)C(O)n1c-2c(C2CCCCC2)c2ccc(C(=O)ON=[N+]=[N-])cc21. The fourth-order valence-electron chi connectivity index (χ4n) is 5.22. The Balaban J connectivity index is 1.76. The summed E-state index contributed by atoms with van der Waals surface area (Å²) in [6.07, 6.45) is 5.67. The highest BCUT2D eigenvalue weighted by Crippen LogP contribution is 2.54. The standard InChI is InChI=1S/C23H19N5O5/c24-11-32-17-9-8-15-19(21(17)29)22(30)28-16-10-13(23(31)33-27-26-25)6-7-14(16)18(20(15)28)12-4-2-1-3-5-12/h6-10,12,22,29-30H,1-5H2. The Kier molecular flexibility index (Phi) is 5.05. The third-order valence-corrected chi connectivity index (χ3v) is 6.55.